The first kappa shape index (κ1) is 10.8. The molecule has 2 heteroatoms. The second kappa shape index (κ2) is 6.95. The Kier molecular flexibility index (Phi) is 10.8. The van der Waals surface area contributed by atoms with Crippen molar-refractivity contribution in [1.29, 1.82) is 0 Å². The zero-order valence-electron chi connectivity index (χ0n) is 5.40. The van der Waals surface area contributed by atoms with Gasteiger partial charge in [-0.25, -0.2) is 0 Å². The first-order chi connectivity index (χ1) is 2.81. The fraction of sp³-hybridized carbons (Fsp3) is 1.00. The van der Waals surface area contributed by atoms with E-state index >= 15 is 0 Å². The first-order valence-electron chi connectivity index (χ1n) is 2.47. The summed E-state index contributed by atoms with van der Waals surface area (Å²) in [6, 6.07) is 0. The third-order valence-corrected chi connectivity index (χ3v) is 1.58. The Hall–Kier alpha value is 0.947. The molecule has 0 rings (SSSR count). The molecule has 0 amide bonds. The molecule has 7 heavy (non-hydrogen) atoms. The Bertz CT molecular complexity index is 27.3. The molecule has 0 unspecified atom stereocenters. The maximum absolute atomic E-state index is 4.94. The van der Waals surface area contributed by atoms with Crippen LogP contribution >= 0.6 is 0 Å². The molecular formula is C5H11LiS. The van der Waals surface area contributed by atoms with Crippen LogP contribution in [0.5, 0.6) is 0 Å². The topological polar surface area (TPSA) is 0 Å². The summed E-state index contributed by atoms with van der Waals surface area (Å²) in [6.07, 6.45) is 2.29. The Morgan fingerprint density at radius 2 is 1.57 bits per heavy atom. The van der Waals surface area contributed by atoms with Crippen molar-refractivity contribution in [3.8, 4) is 0 Å². The number of hydrogen-bond donors (Lipinski definition) is 0. The smallest absolute Gasteiger partial charge is 0.789 e. The van der Waals surface area contributed by atoms with Gasteiger partial charge in [-0.1, -0.05) is 26.7 Å². The molecule has 0 bridgehead atoms. The van der Waals surface area contributed by atoms with Crippen LogP contribution in [-0.2, 0) is 12.6 Å². The van der Waals surface area contributed by atoms with Crippen LogP contribution in [0.25, 0.3) is 0 Å². The zero-order chi connectivity index (χ0) is 4.99. The molecular weight excluding hydrogens is 99.1 g/mol. The molecule has 0 N–H and O–H groups in total. The molecule has 0 aromatic heterocycles. The standard InChI is InChI=1S/C5H12S.Li/c1-3-5(6)4-2;/h5-6H,3-4H2,1-2H3;/q;+1/p-1. The van der Waals surface area contributed by atoms with Crippen LogP contribution in [0.1, 0.15) is 26.7 Å². The summed E-state index contributed by atoms with van der Waals surface area (Å²) >= 11 is 4.94. The molecule has 0 aliphatic rings. The SMILES string of the molecule is CCC([S-])CC.[Li+]. The third-order valence-electron chi connectivity index (χ3n) is 0.911. The molecule has 0 nitrogen and oxygen atoms in total. The van der Waals surface area contributed by atoms with Gasteiger partial charge in [-0.3, -0.25) is 0 Å². The largest absolute Gasteiger partial charge is 1.00 e. The number of rotatable bonds is 2. The summed E-state index contributed by atoms with van der Waals surface area (Å²) in [5, 5.41) is 0.519. The number of hydrogen-bond acceptors (Lipinski definition) is 1. The first-order valence-corrected chi connectivity index (χ1v) is 2.94. The van der Waals surface area contributed by atoms with Gasteiger partial charge in [0.15, 0.2) is 0 Å². The molecule has 0 heterocycles. The van der Waals surface area contributed by atoms with Gasteiger partial charge in [0.05, 0.1) is 0 Å². The van der Waals surface area contributed by atoms with Gasteiger partial charge < -0.3 is 12.6 Å². The van der Waals surface area contributed by atoms with Crippen LogP contribution in [0, 0.1) is 0 Å². The van der Waals surface area contributed by atoms with Crippen molar-refractivity contribution in [1.82, 2.24) is 0 Å². The van der Waals surface area contributed by atoms with Gasteiger partial charge >= 0.3 is 18.9 Å². The Morgan fingerprint density at radius 1 is 1.29 bits per heavy atom. The van der Waals surface area contributed by atoms with Crippen LogP contribution < -0.4 is 18.9 Å². The van der Waals surface area contributed by atoms with Gasteiger partial charge in [0.25, 0.3) is 0 Å². The van der Waals surface area contributed by atoms with Crippen molar-refractivity contribution >= 4 is 12.6 Å². The third kappa shape index (κ3) is 6.95. The van der Waals surface area contributed by atoms with Crippen molar-refractivity contribution in [2.24, 2.45) is 0 Å². The Balaban J connectivity index is 0. The molecule has 0 radical (unpaired) electrons. The van der Waals surface area contributed by atoms with E-state index in [4.69, 9.17) is 12.6 Å². The van der Waals surface area contributed by atoms with E-state index in [9.17, 15) is 0 Å². The van der Waals surface area contributed by atoms with Gasteiger partial charge in [-0.15, -0.1) is 0 Å². The summed E-state index contributed by atoms with van der Waals surface area (Å²) in [4.78, 5) is 0. The van der Waals surface area contributed by atoms with E-state index in [-0.39, 0.29) is 18.9 Å². The van der Waals surface area contributed by atoms with Gasteiger partial charge in [0, 0.05) is 0 Å². The maximum Gasteiger partial charge on any atom is 1.00 e. The van der Waals surface area contributed by atoms with E-state index in [2.05, 4.69) is 13.8 Å². The van der Waals surface area contributed by atoms with E-state index in [1.807, 2.05) is 0 Å². The molecule has 0 aliphatic heterocycles. The predicted octanol–water partition coefficient (Wildman–Crippen LogP) is -1.27. The van der Waals surface area contributed by atoms with Crippen molar-refractivity contribution < 1.29 is 18.9 Å². The molecule has 0 atom stereocenters. The van der Waals surface area contributed by atoms with Crippen LogP contribution in [0.3, 0.4) is 0 Å². The molecule has 38 valence electrons. The molecule has 0 fully saturated rings. The van der Waals surface area contributed by atoms with Crippen molar-refractivity contribution in [2.45, 2.75) is 31.9 Å². The quantitative estimate of drug-likeness (QED) is 0.315. The average molecular weight is 110 g/mol. The minimum Gasteiger partial charge on any atom is -0.789 e. The summed E-state index contributed by atoms with van der Waals surface area (Å²) in [6.45, 7) is 4.25. The molecule has 0 aromatic rings. The van der Waals surface area contributed by atoms with Crippen molar-refractivity contribution in [3.63, 3.8) is 0 Å². The fourth-order valence-corrected chi connectivity index (χ4v) is 0.289. The Morgan fingerprint density at radius 3 is 1.57 bits per heavy atom. The second-order valence-corrected chi connectivity index (χ2v) is 2.11. The van der Waals surface area contributed by atoms with Crippen molar-refractivity contribution in [3.05, 3.63) is 0 Å². The van der Waals surface area contributed by atoms with Gasteiger partial charge in [0.1, 0.15) is 0 Å². The van der Waals surface area contributed by atoms with Crippen LogP contribution in [0.2, 0.25) is 0 Å². The maximum atomic E-state index is 4.94. The van der Waals surface area contributed by atoms with Crippen LogP contribution in [0.4, 0.5) is 0 Å². The second-order valence-electron chi connectivity index (χ2n) is 1.44. The molecule has 0 saturated carbocycles. The van der Waals surface area contributed by atoms with E-state index in [1.165, 1.54) is 0 Å². The van der Waals surface area contributed by atoms with E-state index < -0.39 is 0 Å². The van der Waals surface area contributed by atoms with Gasteiger partial charge in [-0.2, -0.15) is 5.25 Å². The monoisotopic (exact) mass is 110 g/mol. The van der Waals surface area contributed by atoms with Gasteiger partial charge in [-0.05, 0) is 0 Å². The summed E-state index contributed by atoms with van der Waals surface area (Å²) in [5.74, 6) is 0. The van der Waals surface area contributed by atoms with Crippen LogP contribution in [-0.4, -0.2) is 5.25 Å². The van der Waals surface area contributed by atoms with E-state index in [0.717, 1.165) is 12.8 Å². The van der Waals surface area contributed by atoms with E-state index in [1.54, 1.807) is 0 Å². The predicted molar refractivity (Wildman–Crippen MR) is 31.7 cm³/mol. The zero-order valence-corrected chi connectivity index (χ0v) is 6.22. The molecule has 0 spiro atoms. The minimum atomic E-state index is 0. The summed E-state index contributed by atoms with van der Waals surface area (Å²) in [5.41, 5.74) is 0. The summed E-state index contributed by atoms with van der Waals surface area (Å²) < 4.78 is 0. The average Bonchev–Trinajstić information content (AvgIpc) is 1.65. The summed E-state index contributed by atoms with van der Waals surface area (Å²) in [7, 11) is 0. The van der Waals surface area contributed by atoms with Crippen LogP contribution in [0.15, 0.2) is 0 Å². The molecule has 0 saturated heterocycles. The molecule has 0 aliphatic carbocycles. The van der Waals surface area contributed by atoms with Crippen molar-refractivity contribution in [2.75, 3.05) is 0 Å². The van der Waals surface area contributed by atoms with E-state index in [0.29, 0.717) is 5.25 Å². The normalized spacial score (nSPS) is 8.57. The minimum absolute atomic E-state index is 0. The van der Waals surface area contributed by atoms with Gasteiger partial charge in [0.2, 0.25) is 0 Å². The Labute approximate surface area is 63.7 Å². The fourth-order valence-electron chi connectivity index (χ4n) is 0.289. The molecule has 0 aromatic carbocycles.